The van der Waals surface area contributed by atoms with Crippen LogP contribution >= 0.6 is 15.9 Å². The maximum Gasteiger partial charge on any atom is 0.417 e. The van der Waals surface area contributed by atoms with Crippen molar-refractivity contribution in [1.29, 1.82) is 0 Å². The molecule has 2 heterocycles. The number of nitrogens with zero attached hydrogens (tertiary/aromatic N) is 1. The molecule has 1 aliphatic rings. The van der Waals surface area contributed by atoms with Crippen molar-refractivity contribution in [3.8, 4) is 0 Å². The highest BCUT2D eigenvalue weighted by Gasteiger charge is 2.45. The molecule has 0 saturated carbocycles. The maximum absolute atomic E-state index is 13.6. The summed E-state index contributed by atoms with van der Waals surface area (Å²) in [6.45, 7) is 2.75. The Morgan fingerprint density at radius 3 is 2.54 bits per heavy atom. The van der Waals surface area contributed by atoms with Gasteiger partial charge < -0.3 is 33.2 Å². The van der Waals surface area contributed by atoms with Gasteiger partial charge >= 0.3 is 12.1 Å². The van der Waals surface area contributed by atoms with E-state index in [4.69, 9.17) is 33.2 Å². The number of amides is 2. The average molecular weight is 612 g/mol. The first kappa shape index (κ1) is 30.8. The van der Waals surface area contributed by atoms with Gasteiger partial charge in [-0.05, 0) is 40.4 Å². The predicted molar refractivity (Wildman–Crippen MR) is 141 cm³/mol. The molecule has 1 saturated heterocycles. The van der Waals surface area contributed by atoms with Crippen molar-refractivity contribution in [3.63, 3.8) is 0 Å². The van der Waals surface area contributed by atoms with E-state index in [0.717, 1.165) is 10.5 Å². The van der Waals surface area contributed by atoms with Crippen molar-refractivity contribution in [1.82, 2.24) is 4.90 Å². The monoisotopic (exact) mass is 611 g/mol. The summed E-state index contributed by atoms with van der Waals surface area (Å²) in [5.41, 5.74) is 0.936. The summed E-state index contributed by atoms with van der Waals surface area (Å²) < 4.78 is 33.4. The minimum Gasteiger partial charge on any atom is -0.461 e. The van der Waals surface area contributed by atoms with E-state index in [1.54, 1.807) is 6.07 Å². The molecule has 1 aliphatic heterocycles. The second kappa shape index (κ2) is 15.7. The number of aliphatic hydroxyl groups excluding tert-OH is 1. The molecule has 3 rings (SSSR count). The number of carbonyl (C=O) groups excluding carboxylic acids is 3. The zero-order chi connectivity index (χ0) is 28.2. The molecule has 0 bridgehead atoms. The highest BCUT2D eigenvalue weighted by atomic mass is 79.9. The minimum atomic E-state index is -1.36. The van der Waals surface area contributed by atoms with E-state index >= 15 is 0 Å². The molecule has 1 aromatic heterocycles. The van der Waals surface area contributed by atoms with E-state index in [0.29, 0.717) is 49.3 Å². The normalized spacial score (nSPS) is 16.7. The van der Waals surface area contributed by atoms with Gasteiger partial charge in [0, 0.05) is 27.1 Å². The number of methoxy groups -OCH3 is 1. The molecule has 1 aromatic carbocycles. The Morgan fingerprint density at radius 2 is 1.87 bits per heavy atom. The summed E-state index contributed by atoms with van der Waals surface area (Å²) in [6, 6.07) is 10.5. The lowest BCUT2D eigenvalue weighted by Crippen LogP contribution is -2.48. The van der Waals surface area contributed by atoms with Gasteiger partial charge in [0.15, 0.2) is 12.2 Å². The number of hydrogen-bond acceptors (Lipinski definition) is 10. The van der Waals surface area contributed by atoms with Crippen molar-refractivity contribution in [2.45, 2.75) is 44.4 Å². The number of furan rings is 1. The van der Waals surface area contributed by atoms with Gasteiger partial charge in [0.05, 0.1) is 36.9 Å². The number of aryl methyl sites for hydroxylation is 1. The number of cyclic esters (lactones) is 1. The number of aliphatic hydroxyl groups is 1. The van der Waals surface area contributed by atoms with E-state index in [2.05, 4.69) is 15.9 Å². The Morgan fingerprint density at radius 1 is 1.15 bits per heavy atom. The topological polar surface area (TPSA) is 134 Å². The highest BCUT2D eigenvalue weighted by Crippen LogP contribution is 2.33. The van der Waals surface area contributed by atoms with Crippen LogP contribution in [0.15, 0.2) is 45.3 Å². The summed E-state index contributed by atoms with van der Waals surface area (Å²) in [5, 5.41) is 8.70. The molecule has 0 radical (unpaired) electrons. The van der Waals surface area contributed by atoms with Crippen LogP contribution in [0.2, 0.25) is 0 Å². The first-order valence-corrected chi connectivity index (χ1v) is 13.4. The summed E-state index contributed by atoms with van der Waals surface area (Å²) in [7, 11) is 1.30. The van der Waals surface area contributed by atoms with Gasteiger partial charge in [0.1, 0.15) is 18.1 Å². The second-order valence-corrected chi connectivity index (χ2v) is 9.64. The van der Waals surface area contributed by atoms with Crippen LogP contribution in [-0.4, -0.2) is 86.9 Å². The van der Waals surface area contributed by atoms with E-state index < -0.39 is 36.2 Å². The first-order chi connectivity index (χ1) is 18.8. The van der Waals surface area contributed by atoms with Crippen LogP contribution in [0, 0.1) is 0 Å². The fourth-order valence-electron chi connectivity index (χ4n) is 4.16. The molecule has 1 fully saturated rings. The van der Waals surface area contributed by atoms with Crippen LogP contribution in [0.3, 0.4) is 0 Å². The number of halogens is 1. The molecular formula is C27H34BrNO10. The number of carbonyl (C=O) groups is 3. The molecule has 0 spiro atoms. The van der Waals surface area contributed by atoms with Gasteiger partial charge in [0.2, 0.25) is 0 Å². The molecule has 2 amide bonds. The zero-order valence-corrected chi connectivity index (χ0v) is 23.6. The van der Waals surface area contributed by atoms with Gasteiger partial charge in [-0.25, -0.2) is 9.69 Å². The number of rotatable bonds is 16. The van der Waals surface area contributed by atoms with Gasteiger partial charge in [0.25, 0.3) is 5.91 Å². The number of imide groups is 1. The molecular weight excluding hydrogens is 578 g/mol. The third kappa shape index (κ3) is 8.87. The molecule has 2 aromatic rings. The molecule has 11 nitrogen and oxygen atoms in total. The van der Waals surface area contributed by atoms with Crippen LogP contribution in [0.4, 0.5) is 4.79 Å². The molecule has 214 valence electrons. The Labute approximate surface area is 235 Å². The Bertz CT molecular complexity index is 1080. The lowest BCUT2D eigenvalue weighted by molar-refractivity contribution is -0.164. The second-order valence-electron chi connectivity index (χ2n) is 8.79. The van der Waals surface area contributed by atoms with Crippen LogP contribution in [0.5, 0.6) is 0 Å². The third-order valence-corrected chi connectivity index (χ3v) is 6.61. The molecule has 3 atom stereocenters. The molecule has 12 heteroatoms. The van der Waals surface area contributed by atoms with E-state index in [-0.39, 0.29) is 25.6 Å². The number of hydrogen-bond donors (Lipinski definition) is 1. The van der Waals surface area contributed by atoms with Crippen molar-refractivity contribution in [2.24, 2.45) is 0 Å². The minimum absolute atomic E-state index is 0.0326. The maximum atomic E-state index is 13.6. The number of benzene rings is 1. The van der Waals surface area contributed by atoms with Crippen LogP contribution in [0.1, 0.15) is 36.5 Å². The fraction of sp³-hybridized carbons (Fsp3) is 0.519. The van der Waals surface area contributed by atoms with E-state index in [9.17, 15) is 14.4 Å². The van der Waals surface area contributed by atoms with Crippen molar-refractivity contribution in [3.05, 3.63) is 58.0 Å². The summed E-state index contributed by atoms with van der Waals surface area (Å²) >= 11 is 3.46. The third-order valence-electron chi connectivity index (χ3n) is 5.93. The van der Waals surface area contributed by atoms with E-state index in [1.807, 2.05) is 30.3 Å². The average Bonchev–Trinajstić information content (AvgIpc) is 3.47. The van der Waals surface area contributed by atoms with Gasteiger partial charge in [-0.2, -0.15) is 0 Å². The SMILES string of the molecule is COC(C(=O)N1C(=O)OCC1Cc1ccccc1)C(OC(C)=O)c1cc(Br)c(CCCOCCOCCO)o1. The quantitative estimate of drug-likeness (QED) is 0.223. The molecule has 1 N–H and O–H groups in total. The van der Waals surface area contributed by atoms with Crippen molar-refractivity contribution < 1.29 is 47.6 Å². The zero-order valence-electron chi connectivity index (χ0n) is 22.0. The van der Waals surface area contributed by atoms with Crippen LogP contribution in [-0.2, 0) is 46.1 Å². The van der Waals surface area contributed by atoms with Crippen LogP contribution < -0.4 is 0 Å². The summed E-state index contributed by atoms with van der Waals surface area (Å²) in [4.78, 5) is 39.2. The van der Waals surface area contributed by atoms with Crippen molar-refractivity contribution in [2.75, 3.05) is 46.8 Å². The lowest BCUT2D eigenvalue weighted by Gasteiger charge is -2.28. The molecule has 39 heavy (non-hydrogen) atoms. The van der Waals surface area contributed by atoms with E-state index in [1.165, 1.54) is 14.0 Å². The summed E-state index contributed by atoms with van der Waals surface area (Å²) in [6.07, 6.45) is -1.83. The number of ether oxygens (including phenoxy) is 5. The summed E-state index contributed by atoms with van der Waals surface area (Å²) in [5.74, 6) is -0.575. The molecule has 3 unspecified atom stereocenters. The predicted octanol–water partition coefficient (Wildman–Crippen LogP) is 3.21. The smallest absolute Gasteiger partial charge is 0.417 e. The van der Waals surface area contributed by atoms with Gasteiger partial charge in [-0.1, -0.05) is 30.3 Å². The van der Waals surface area contributed by atoms with Gasteiger partial charge in [-0.15, -0.1) is 0 Å². The Kier molecular flexibility index (Phi) is 12.4. The molecule has 0 aliphatic carbocycles. The Balaban J connectivity index is 1.70. The largest absolute Gasteiger partial charge is 0.461 e. The fourth-order valence-corrected chi connectivity index (χ4v) is 4.67. The van der Waals surface area contributed by atoms with Crippen molar-refractivity contribution >= 4 is 33.9 Å². The van der Waals surface area contributed by atoms with Gasteiger partial charge in [-0.3, -0.25) is 9.59 Å². The van der Waals surface area contributed by atoms with Crippen LogP contribution in [0.25, 0.3) is 0 Å². The standard InChI is InChI=1S/C27H34BrNO10/c1-18(31)38-24(23-16-21(28)22(39-23)9-6-11-35-13-14-36-12-10-30)25(34-2)26(32)29-20(17-37-27(29)33)15-19-7-4-3-5-8-19/h3-5,7-8,16,20,24-25,30H,6,9-15,17H2,1-2H3. The Hall–Kier alpha value is -2.77. The lowest BCUT2D eigenvalue weighted by atomic mass is 10.0. The number of esters is 1. The highest BCUT2D eigenvalue weighted by molar-refractivity contribution is 9.10. The first-order valence-electron chi connectivity index (χ1n) is 12.6.